The number of nitrogens with two attached hydrogens (primary N) is 1. The lowest BCUT2D eigenvalue weighted by Gasteiger charge is -2.50. The van der Waals surface area contributed by atoms with Gasteiger partial charge in [0, 0.05) is 11.5 Å². The highest BCUT2D eigenvalue weighted by molar-refractivity contribution is 5.31. The Morgan fingerprint density at radius 3 is 2.26 bits per heavy atom. The van der Waals surface area contributed by atoms with Gasteiger partial charge in [-0.25, -0.2) is 0 Å². The quantitative estimate of drug-likeness (QED) is 0.856. The number of nitrogens with zero attached hydrogens (tertiary/aromatic N) is 1. The summed E-state index contributed by atoms with van der Waals surface area (Å²) in [7, 11) is 4.30. The maximum absolute atomic E-state index is 6.07. The first-order valence-electron chi connectivity index (χ1n) is 7.22. The summed E-state index contributed by atoms with van der Waals surface area (Å²) in [5, 5.41) is 0. The Hall–Kier alpha value is -1.06. The Labute approximate surface area is 116 Å². The zero-order chi connectivity index (χ0) is 13.9. The van der Waals surface area contributed by atoms with Crippen molar-refractivity contribution in [2.24, 2.45) is 11.1 Å². The third-order valence-corrected chi connectivity index (χ3v) is 4.36. The summed E-state index contributed by atoms with van der Waals surface area (Å²) < 4.78 is 5.52. The monoisotopic (exact) mass is 262 g/mol. The van der Waals surface area contributed by atoms with Crippen LogP contribution in [0.15, 0.2) is 24.3 Å². The molecular weight excluding hydrogens is 236 g/mol. The fourth-order valence-electron chi connectivity index (χ4n) is 3.33. The van der Waals surface area contributed by atoms with E-state index in [-0.39, 0.29) is 5.41 Å². The summed E-state index contributed by atoms with van der Waals surface area (Å²) in [6, 6.07) is 8.91. The molecule has 1 unspecified atom stereocenters. The van der Waals surface area contributed by atoms with Crippen LogP contribution >= 0.6 is 0 Å². The fraction of sp³-hybridized carbons (Fsp3) is 0.625. The normalized spacial score (nSPS) is 19.0. The molecule has 3 heteroatoms. The second-order valence-corrected chi connectivity index (χ2v) is 5.79. The molecule has 106 valence electrons. The maximum Gasteiger partial charge on any atom is 0.119 e. The van der Waals surface area contributed by atoms with Gasteiger partial charge >= 0.3 is 0 Å². The molecule has 0 radical (unpaired) electrons. The third kappa shape index (κ3) is 2.77. The molecule has 1 fully saturated rings. The number of hydrogen-bond donors (Lipinski definition) is 1. The summed E-state index contributed by atoms with van der Waals surface area (Å²) in [4.78, 5) is 2.31. The predicted octanol–water partition coefficient (Wildman–Crippen LogP) is 2.82. The van der Waals surface area contributed by atoms with Crippen molar-refractivity contribution < 1.29 is 4.74 Å². The van der Waals surface area contributed by atoms with Gasteiger partial charge in [0.05, 0.1) is 6.61 Å². The summed E-state index contributed by atoms with van der Waals surface area (Å²) in [5.41, 5.74) is 7.68. The molecule has 0 saturated heterocycles. The molecule has 1 atom stereocenters. The maximum atomic E-state index is 6.07. The van der Waals surface area contributed by atoms with Crippen LogP contribution < -0.4 is 10.5 Å². The van der Waals surface area contributed by atoms with Crippen LogP contribution in [0.2, 0.25) is 0 Å². The van der Waals surface area contributed by atoms with Crippen LogP contribution in [0.25, 0.3) is 0 Å². The van der Waals surface area contributed by atoms with E-state index in [9.17, 15) is 0 Å². The predicted molar refractivity (Wildman–Crippen MR) is 79.4 cm³/mol. The van der Waals surface area contributed by atoms with Gasteiger partial charge in [-0.3, -0.25) is 0 Å². The minimum atomic E-state index is 0.261. The standard InChI is InChI=1S/C16H26N2O/c1-4-19-14-8-6-13(7-9-14)15(18(2)3)16(12-17)10-5-11-16/h6-9,15H,4-5,10-12,17H2,1-3H3. The van der Waals surface area contributed by atoms with Crippen LogP contribution in [-0.2, 0) is 0 Å². The number of rotatable bonds is 6. The second kappa shape index (κ2) is 5.93. The molecule has 1 aliphatic rings. The minimum absolute atomic E-state index is 0.261. The van der Waals surface area contributed by atoms with Gasteiger partial charge in [0.25, 0.3) is 0 Å². The lowest BCUT2D eigenvalue weighted by Crippen LogP contribution is -2.47. The van der Waals surface area contributed by atoms with Crippen LogP contribution in [0.1, 0.15) is 37.8 Å². The molecule has 0 amide bonds. The van der Waals surface area contributed by atoms with Crippen molar-refractivity contribution in [2.75, 3.05) is 27.2 Å². The molecule has 2 rings (SSSR count). The van der Waals surface area contributed by atoms with Gasteiger partial charge in [-0.2, -0.15) is 0 Å². The molecule has 19 heavy (non-hydrogen) atoms. The molecule has 1 aromatic carbocycles. The molecule has 3 nitrogen and oxygen atoms in total. The van der Waals surface area contributed by atoms with Gasteiger partial charge < -0.3 is 15.4 Å². The molecule has 0 aromatic heterocycles. The highest BCUT2D eigenvalue weighted by Crippen LogP contribution is 2.51. The van der Waals surface area contributed by atoms with E-state index < -0.39 is 0 Å². The summed E-state index contributed by atoms with van der Waals surface area (Å²) in [6.45, 7) is 3.49. The van der Waals surface area contributed by atoms with Gasteiger partial charge in [0.1, 0.15) is 5.75 Å². The topological polar surface area (TPSA) is 38.5 Å². The smallest absolute Gasteiger partial charge is 0.119 e. The van der Waals surface area contributed by atoms with Gasteiger partial charge in [-0.05, 0) is 58.1 Å². The Morgan fingerprint density at radius 1 is 1.26 bits per heavy atom. The van der Waals surface area contributed by atoms with E-state index in [0.29, 0.717) is 12.6 Å². The zero-order valence-electron chi connectivity index (χ0n) is 12.4. The van der Waals surface area contributed by atoms with E-state index in [4.69, 9.17) is 10.5 Å². The molecular formula is C16H26N2O. The highest BCUT2D eigenvalue weighted by atomic mass is 16.5. The van der Waals surface area contributed by atoms with Crippen LogP contribution in [-0.4, -0.2) is 32.1 Å². The van der Waals surface area contributed by atoms with Crippen LogP contribution in [0.5, 0.6) is 5.75 Å². The molecule has 0 bridgehead atoms. The molecule has 0 heterocycles. The van der Waals surface area contributed by atoms with Gasteiger partial charge in [-0.1, -0.05) is 18.6 Å². The zero-order valence-corrected chi connectivity index (χ0v) is 12.4. The van der Waals surface area contributed by atoms with E-state index in [1.54, 1.807) is 0 Å². The number of hydrogen-bond acceptors (Lipinski definition) is 3. The molecule has 2 N–H and O–H groups in total. The minimum Gasteiger partial charge on any atom is -0.494 e. The fourth-order valence-corrected chi connectivity index (χ4v) is 3.33. The van der Waals surface area contributed by atoms with Crippen LogP contribution in [0.4, 0.5) is 0 Å². The van der Waals surface area contributed by atoms with Gasteiger partial charge in [0.2, 0.25) is 0 Å². The lowest BCUT2D eigenvalue weighted by atomic mass is 9.62. The van der Waals surface area contributed by atoms with Crippen molar-refractivity contribution in [3.05, 3.63) is 29.8 Å². The number of benzene rings is 1. The van der Waals surface area contributed by atoms with Crippen LogP contribution in [0.3, 0.4) is 0 Å². The first-order valence-corrected chi connectivity index (χ1v) is 7.22. The Balaban J connectivity index is 2.24. The van der Waals surface area contributed by atoms with Crippen molar-refractivity contribution in [3.63, 3.8) is 0 Å². The Kier molecular flexibility index (Phi) is 4.48. The molecule has 0 aliphatic heterocycles. The first-order chi connectivity index (χ1) is 9.13. The molecule has 1 aliphatic carbocycles. The van der Waals surface area contributed by atoms with E-state index in [0.717, 1.165) is 12.3 Å². The highest BCUT2D eigenvalue weighted by Gasteiger charge is 2.44. The summed E-state index contributed by atoms with van der Waals surface area (Å²) in [5.74, 6) is 0.944. The first kappa shape index (κ1) is 14.4. The molecule has 0 spiro atoms. The van der Waals surface area contributed by atoms with E-state index in [1.165, 1.54) is 24.8 Å². The molecule has 1 aromatic rings. The van der Waals surface area contributed by atoms with Crippen molar-refractivity contribution in [1.29, 1.82) is 0 Å². The van der Waals surface area contributed by atoms with Crippen LogP contribution in [0, 0.1) is 5.41 Å². The van der Waals surface area contributed by atoms with E-state index >= 15 is 0 Å². The Bertz CT molecular complexity index is 390. The van der Waals surface area contributed by atoms with Crippen molar-refractivity contribution in [3.8, 4) is 5.75 Å². The largest absolute Gasteiger partial charge is 0.494 e. The van der Waals surface area contributed by atoms with Gasteiger partial charge in [-0.15, -0.1) is 0 Å². The second-order valence-electron chi connectivity index (χ2n) is 5.79. The number of ether oxygens (including phenoxy) is 1. The Morgan fingerprint density at radius 2 is 1.89 bits per heavy atom. The van der Waals surface area contributed by atoms with Crippen molar-refractivity contribution >= 4 is 0 Å². The van der Waals surface area contributed by atoms with Crippen molar-refractivity contribution in [1.82, 2.24) is 4.90 Å². The average molecular weight is 262 g/mol. The SMILES string of the molecule is CCOc1ccc(C(N(C)C)C2(CN)CCC2)cc1. The molecule has 1 saturated carbocycles. The van der Waals surface area contributed by atoms with Gasteiger partial charge in [0.15, 0.2) is 0 Å². The van der Waals surface area contributed by atoms with E-state index in [2.05, 4.69) is 43.3 Å². The third-order valence-electron chi connectivity index (χ3n) is 4.36. The average Bonchev–Trinajstić information content (AvgIpc) is 2.35. The van der Waals surface area contributed by atoms with Crippen molar-refractivity contribution in [2.45, 2.75) is 32.2 Å². The summed E-state index contributed by atoms with van der Waals surface area (Å²) in [6.07, 6.45) is 3.78. The lowest BCUT2D eigenvalue weighted by molar-refractivity contribution is 0.0281. The summed E-state index contributed by atoms with van der Waals surface area (Å²) >= 11 is 0. The van der Waals surface area contributed by atoms with E-state index in [1.807, 2.05) is 6.92 Å².